The predicted octanol–water partition coefficient (Wildman–Crippen LogP) is 13.5. The molecule has 0 aliphatic rings. The second kappa shape index (κ2) is 59.2. The zero-order valence-electron chi connectivity index (χ0n) is 43.8. The van der Waals surface area contributed by atoms with Crippen molar-refractivity contribution in [3.05, 3.63) is 0 Å². The minimum absolute atomic E-state index is 0. The zero-order chi connectivity index (χ0) is 51.9. The third-order valence-electron chi connectivity index (χ3n) is 10.9. The first-order chi connectivity index (χ1) is 32.2. The summed E-state index contributed by atoms with van der Waals surface area (Å²) in [6.07, 6.45) is 46.8. The van der Waals surface area contributed by atoms with Gasteiger partial charge in [0.15, 0.2) is 0 Å². The SMILES string of the molecule is CCCCCCCCCCCCOS(=O)(=O)[O-].CCCCCCCCCCCCOS(=O)(=O)[O-].CCCCCCCCCCCCOS(=O)(=O)[O-].CCCCCCCCCCCCOS(=O)(=O)[O-].[Zr+4]. The van der Waals surface area contributed by atoms with Gasteiger partial charge in [-0.2, -0.15) is 0 Å². The molecule has 0 amide bonds. The molecule has 0 aliphatic carbocycles. The molecule has 0 aromatic heterocycles. The molecule has 0 aliphatic heterocycles. The third-order valence-corrected chi connectivity index (χ3v) is 12.7. The van der Waals surface area contributed by atoms with E-state index in [2.05, 4.69) is 44.4 Å². The number of hydrogen-bond acceptors (Lipinski definition) is 16. The third kappa shape index (κ3) is 94.8. The monoisotopic (exact) mass is 1150 g/mol. The van der Waals surface area contributed by atoms with Gasteiger partial charge < -0.3 is 18.2 Å². The van der Waals surface area contributed by atoms with Crippen molar-refractivity contribution in [1.82, 2.24) is 0 Å². The summed E-state index contributed by atoms with van der Waals surface area (Å²) >= 11 is 0. The van der Waals surface area contributed by atoms with Gasteiger partial charge in [-0.25, -0.2) is 33.7 Å². The van der Waals surface area contributed by atoms with Crippen LogP contribution in [0.4, 0.5) is 0 Å². The summed E-state index contributed by atoms with van der Waals surface area (Å²) in [6.45, 7) is 8.97. The molecule has 0 saturated carbocycles. The van der Waals surface area contributed by atoms with Crippen LogP contribution in [0, 0.1) is 0 Å². The van der Waals surface area contributed by atoms with Crippen molar-refractivity contribution in [3.8, 4) is 0 Å². The molecule has 0 aromatic rings. The molecule has 0 unspecified atom stereocenters. The van der Waals surface area contributed by atoms with Gasteiger partial charge in [-0.1, -0.05) is 259 Å². The molecule has 416 valence electrons. The van der Waals surface area contributed by atoms with E-state index in [9.17, 15) is 51.9 Å². The van der Waals surface area contributed by atoms with Crippen LogP contribution in [0.1, 0.15) is 285 Å². The Morgan fingerprint density at radius 3 is 0.420 bits per heavy atom. The maximum absolute atomic E-state index is 10.1. The minimum Gasteiger partial charge on any atom is -0.726 e. The first-order valence-electron chi connectivity index (χ1n) is 26.6. The van der Waals surface area contributed by atoms with Gasteiger partial charge in [0.2, 0.25) is 41.6 Å². The van der Waals surface area contributed by atoms with E-state index < -0.39 is 41.6 Å². The van der Waals surface area contributed by atoms with Gasteiger partial charge in [0.25, 0.3) is 0 Å². The van der Waals surface area contributed by atoms with E-state index in [-0.39, 0.29) is 52.6 Å². The maximum Gasteiger partial charge on any atom is 4.00 e. The molecule has 0 heterocycles. The van der Waals surface area contributed by atoms with Crippen LogP contribution < -0.4 is 0 Å². The average molecular weight is 1150 g/mol. The Morgan fingerprint density at radius 2 is 0.319 bits per heavy atom. The van der Waals surface area contributed by atoms with E-state index in [1.54, 1.807) is 0 Å². The smallest absolute Gasteiger partial charge is 0.726 e. The fourth-order valence-corrected chi connectivity index (χ4v) is 8.29. The van der Waals surface area contributed by atoms with E-state index in [4.69, 9.17) is 0 Å². The molecule has 0 fully saturated rings. The van der Waals surface area contributed by atoms with Gasteiger partial charge in [-0.3, -0.25) is 16.7 Å². The number of unbranched alkanes of at least 4 members (excludes halogenated alkanes) is 36. The molecular weight excluding hydrogens is 1050 g/mol. The van der Waals surface area contributed by atoms with E-state index >= 15 is 0 Å². The van der Waals surface area contributed by atoms with Crippen molar-refractivity contribution in [2.24, 2.45) is 0 Å². The Kier molecular flexibility index (Phi) is 67.2. The Bertz CT molecular complexity index is 1220. The summed E-state index contributed by atoms with van der Waals surface area (Å²) in [5.74, 6) is 0. The van der Waals surface area contributed by atoms with Crippen LogP contribution in [0.25, 0.3) is 0 Å². The predicted molar refractivity (Wildman–Crippen MR) is 270 cm³/mol. The largest absolute Gasteiger partial charge is 4.00 e. The Hall–Kier alpha value is 0.363. The van der Waals surface area contributed by atoms with Crippen molar-refractivity contribution >= 4 is 41.6 Å². The van der Waals surface area contributed by atoms with E-state index in [0.717, 1.165) is 51.4 Å². The van der Waals surface area contributed by atoms with Gasteiger partial charge in [0.1, 0.15) is 0 Å². The van der Waals surface area contributed by atoms with Gasteiger partial charge in [-0.15, -0.1) is 0 Å². The van der Waals surface area contributed by atoms with E-state index in [0.29, 0.717) is 25.7 Å². The van der Waals surface area contributed by atoms with Crippen molar-refractivity contribution < 1.29 is 94.8 Å². The van der Waals surface area contributed by atoms with Crippen molar-refractivity contribution in [1.29, 1.82) is 0 Å². The minimum atomic E-state index is -4.48. The van der Waals surface area contributed by atoms with E-state index in [1.807, 2.05) is 0 Å². The molecular formula is C48H100O16S4Zr. The molecule has 0 atom stereocenters. The summed E-state index contributed by atoms with van der Waals surface area (Å²) in [5.41, 5.74) is 0. The molecule has 16 nitrogen and oxygen atoms in total. The van der Waals surface area contributed by atoms with Crippen LogP contribution in [-0.4, -0.2) is 78.3 Å². The van der Waals surface area contributed by atoms with Crippen molar-refractivity contribution in [2.75, 3.05) is 26.4 Å². The summed E-state index contributed by atoms with van der Waals surface area (Å²) < 4.78 is 138. The standard InChI is InChI=1S/4C12H26O4S.Zr/c4*1-2-3-4-5-6-7-8-9-10-11-12-16-17(13,14)15;/h4*2-12H2,1H3,(H,13,14,15);/q;;;;+4/p-4. The van der Waals surface area contributed by atoms with Crippen molar-refractivity contribution in [3.63, 3.8) is 0 Å². The molecule has 0 aromatic carbocycles. The summed E-state index contributed by atoms with van der Waals surface area (Å²) in [5, 5.41) is 0. The average Bonchev–Trinajstić information content (AvgIpc) is 3.25. The number of rotatable bonds is 48. The fourth-order valence-electron chi connectivity index (χ4n) is 7.00. The molecule has 0 N–H and O–H groups in total. The number of hydrogen-bond donors (Lipinski definition) is 0. The first-order valence-corrected chi connectivity index (χ1v) is 32.0. The van der Waals surface area contributed by atoms with Crippen LogP contribution in [0.15, 0.2) is 0 Å². The molecule has 0 spiro atoms. The first kappa shape index (κ1) is 78.3. The molecule has 0 rings (SSSR count). The molecule has 0 radical (unpaired) electrons. The Balaban J connectivity index is -0.000000263. The topological polar surface area (TPSA) is 266 Å². The Labute approximate surface area is 444 Å². The van der Waals surface area contributed by atoms with Gasteiger partial charge >= 0.3 is 26.2 Å². The molecule has 21 heteroatoms. The van der Waals surface area contributed by atoms with Crippen LogP contribution in [-0.2, 0) is 84.5 Å². The summed E-state index contributed by atoms with van der Waals surface area (Å²) in [7, 11) is -17.9. The molecule has 0 bridgehead atoms. The second-order valence-corrected chi connectivity index (χ2v) is 21.9. The van der Waals surface area contributed by atoms with Crippen LogP contribution >= 0.6 is 0 Å². The van der Waals surface area contributed by atoms with Crippen LogP contribution in [0.5, 0.6) is 0 Å². The van der Waals surface area contributed by atoms with Gasteiger partial charge in [0.05, 0.1) is 26.4 Å². The fraction of sp³-hybridized carbons (Fsp3) is 1.00. The van der Waals surface area contributed by atoms with Crippen LogP contribution in [0.2, 0.25) is 0 Å². The Morgan fingerprint density at radius 1 is 0.217 bits per heavy atom. The summed E-state index contributed by atoms with van der Waals surface area (Å²) in [4.78, 5) is 0. The maximum atomic E-state index is 10.1. The second-order valence-electron chi connectivity index (χ2n) is 17.6. The van der Waals surface area contributed by atoms with Gasteiger partial charge in [-0.05, 0) is 25.7 Å². The van der Waals surface area contributed by atoms with Gasteiger partial charge in [0, 0.05) is 0 Å². The molecule has 69 heavy (non-hydrogen) atoms. The zero-order valence-corrected chi connectivity index (χ0v) is 49.5. The van der Waals surface area contributed by atoms with Crippen LogP contribution in [0.3, 0.4) is 0 Å². The van der Waals surface area contributed by atoms with E-state index in [1.165, 1.54) is 180 Å². The van der Waals surface area contributed by atoms with Crippen molar-refractivity contribution in [2.45, 2.75) is 285 Å². The molecule has 0 saturated heterocycles. The summed E-state index contributed by atoms with van der Waals surface area (Å²) in [6, 6.07) is 0. The quantitative estimate of drug-likeness (QED) is 0.0311. The normalized spacial score (nSPS) is 11.7.